The van der Waals surface area contributed by atoms with Crippen molar-refractivity contribution in [1.82, 2.24) is 5.32 Å². The lowest BCUT2D eigenvalue weighted by Crippen LogP contribution is -2.46. The Kier molecular flexibility index (Phi) is 4.14. The van der Waals surface area contributed by atoms with Gasteiger partial charge in [-0.05, 0) is 43.4 Å². The molecule has 1 aliphatic carbocycles. The number of hydrogen-bond donors (Lipinski definition) is 1. The Hall–Kier alpha value is -1.09. The van der Waals surface area contributed by atoms with Gasteiger partial charge in [0.25, 0.3) is 0 Å². The largest absolute Gasteiger partial charge is 0.489 e. The highest BCUT2D eigenvalue weighted by Gasteiger charge is 2.42. The molecular weight excluding hydrogens is 241 g/mol. The number of ether oxygens (including phenoxy) is 1. The maximum atomic E-state index is 13.6. The molecule has 3 heteroatoms. The molecule has 1 fully saturated rings. The van der Waals surface area contributed by atoms with Crippen molar-refractivity contribution in [1.29, 1.82) is 0 Å². The molecule has 1 aromatic rings. The van der Waals surface area contributed by atoms with Gasteiger partial charge in [-0.15, -0.1) is 0 Å². The molecule has 0 saturated heterocycles. The zero-order valence-electron chi connectivity index (χ0n) is 12.3. The minimum absolute atomic E-state index is 0.122. The lowest BCUT2D eigenvalue weighted by atomic mass is 9.87. The topological polar surface area (TPSA) is 21.3 Å². The monoisotopic (exact) mass is 265 g/mol. The lowest BCUT2D eigenvalue weighted by Gasteiger charge is -2.31. The fraction of sp³-hybridized carbons (Fsp3) is 0.625. The van der Waals surface area contributed by atoms with Crippen molar-refractivity contribution in [2.75, 3.05) is 6.54 Å². The number of hydrogen-bond acceptors (Lipinski definition) is 2. The molecule has 0 spiro atoms. The van der Waals surface area contributed by atoms with Crippen LogP contribution >= 0.6 is 0 Å². The third-order valence-corrected chi connectivity index (χ3v) is 4.14. The van der Waals surface area contributed by atoms with Crippen molar-refractivity contribution in [3.63, 3.8) is 0 Å². The molecule has 2 atom stereocenters. The van der Waals surface area contributed by atoms with Gasteiger partial charge in [-0.3, -0.25) is 0 Å². The van der Waals surface area contributed by atoms with Gasteiger partial charge in [-0.25, -0.2) is 4.39 Å². The van der Waals surface area contributed by atoms with Gasteiger partial charge < -0.3 is 10.1 Å². The minimum atomic E-state index is -0.199. The van der Waals surface area contributed by atoms with Crippen molar-refractivity contribution >= 4 is 0 Å². The Labute approximate surface area is 115 Å². The molecule has 1 N–H and O–H groups in total. The van der Waals surface area contributed by atoms with Crippen LogP contribution in [0.5, 0.6) is 5.75 Å². The number of aryl methyl sites for hydroxylation is 1. The quantitative estimate of drug-likeness (QED) is 0.896. The van der Waals surface area contributed by atoms with Gasteiger partial charge in [0.15, 0.2) is 0 Å². The van der Waals surface area contributed by atoms with Crippen LogP contribution in [-0.4, -0.2) is 18.7 Å². The van der Waals surface area contributed by atoms with E-state index in [4.69, 9.17) is 4.74 Å². The summed E-state index contributed by atoms with van der Waals surface area (Å²) in [4.78, 5) is 0. The van der Waals surface area contributed by atoms with E-state index in [1.54, 1.807) is 13.0 Å². The summed E-state index contributed by atoms with van der Waals surface area (Å²) in [5.41, 5.74) is 0.881. The van der Waals surface area contributed by atoms with Crippen LogP contribution in [-0.2, 0) is 0 Å². The highest BCUT2D eigenvalue weighted by molar-refractivity contribution is 5.28. The first-order valence-electron chi connectivity index (χ1n) is 7.10. The smallest absolute Gasteiger partial charge is 0.129 e. The summed E-state index contributed by atoms with van der Waals surface area (Å²) in [6.45, 7) is 9.32. The minimum Gasteiger partial charge on any atom is -0.489 e. The van der Waals surface area contributed by atoms with Crippen molar-refractivity contribution in [3.8, 4) is 5.75 Å². The van der Waals surface area contributed by atoms with E-state index in [0.717, 1.165) is 19.4 Å². The second-order valence-corrected chi connectivity index (χ2v) is 6.13. The van der Waals surface area contributed by atoms with Crippen molar-refractivity contribution in [2.24, 2.45) is 5.41 Å². The van der Waals surface area contributed by atoms with Crippen LogP contribution in [0, 0.1) is 18.2 Å². The first kappa shape index (κ1) is 14.3. The first-order chi connectivity index (χ1) is 8.94. The Morgan fingerprint density at radius 1 is 1.42 bits per heavy atom. The molecule has 1 aromatic carbocycles. The van der Waals surface area contributed by atoms with Crippen LogP contribution in [0.25, 0.3) is 0 Å². The molecule has 0 aliphatic heterocycles. The average molecular weight is 265 g/mol. The standard InChI is InChI=1S/C16H24FNO/c1-5-18-15-14(8-9-16(15,3)4)19-12-7-6-11(2)13(17)10-12/h6-7,10,14-15,18H,5,8-9H2,1-4H3. The van der Waals surface area contributed by atoms with Gasteiger partial charge in [0.1, 0.15) is 17.7 Å². The van der Waals surface area contributed by atoms with E-state index in [9.17, 15) is 4.39 Å². The molecule has 1 aliphatic rings. The van der Waals surface area contributed by atoms with Gasteiger partial charge in [0.2, 0.25) is 0 Å². The number of nitrogens with one attached hydrogen (secondary N) is 1. The van der Waals surface area contributed by atoms with Crippen molar-refractivity contribution in [2.45, 2.75) is 52.7 Å². The molecule has 0 radical (unpaired) electrons. The molecule has 2 rings (SSSR count). The summed E-state index contributed by atoms with van der Waals surface area (Å²) in [5, 5.41) is 3.51. The molecule has 1 saturated carbocycles. The summed E-state index contributed by atoms with van der Waals surface area (Å²) >= 11 is 0. The van der Waals surface area contributed by atoms with E-state index in [-0.39, 0.29) is 17.3 Å². The molecule has 106 valence electrons. The maximum Gasteiger partial charge on any atom is 0.129 e. The summed E-state index contributed by atoms with van der Waals surface area (Å²) in [6.07, 6.45) is 2.26. The third kappa shape index (κ3) is 3.08. The second-order valence-electron chi connectivity index (χ2n) is 6.13. The van der Waals surface area contributed by atoms with Crippen molar-refractivity contribution < 1.29 is 9.13 Å². The molecule has 0 aromatic heterocycles. The fourth-order valence-electron chi connectivity index (χ4n) is 2.92. The molecule has 2 unspecified atom stereocenters. The predicted molar refractivity (Wildman–Crippen MR) is 76.0 cm³/mol. The highest BCUT2D eigenvalue weighted by Crippen LogP contribution is 2.39. The van der Waals surface area contributed by atoms with E-state index >= 15 is 0 Å². The Balaban J connectivity index is 2.11. The molecule has 2 nitrogen and oxygen atoms in total. The first-order valence-corrected chi connectivity index (χ1v) is 7.10. The molecule has 0 amide bonds. The van der Waals surface area contributed by atoms with Gasteiger partial charge in [-0.2, -0.15) is 0 Å². The number of benzene rings is 1. The number of likely N-dealkylation sites (N-methyl/N-ethyl adjacent to an activating group) is 1. The Morgan fingerprint density at radius 2 is 2.16 bits per heavy atom. The predicted octanol–water partition coefficient (Wildman–Crippen LogP) is 3.68. The highest BCUT2D eigenvalue weighted by atomic mass is 19.1. The van der Waals surface area contributed by atoms with Crippen LogP contribution in [0.4, 0.5) is 4.39 Å². The van der Waals surface area contributed by atoms with Crippen LogP contribution in [0.15, 0.2) is 18.2 Å². The molecule has 0 heterocycles. The summed E-state index contributed by atoms with van der Waals surface area (Å²) in [7, 11) is 0. The van der Waals surface area contributed by atoms with Gasteiger partial charge >= 0.3 is 0 Å². The van der Waals surface area contributed by atoms with E-state index in [0.29, 0.717) is 17.4 Å². The number of rotatable bonds is 4. The summed E-state index contributed by atoms with van der Waals surface area (Å²) in [6, 6.07) is 5.44. The lowest BCUT2D eigenvalue weighted by molar-refractivity contribution is 0.141. The van der Waals surface area contributed by atoms with Crippen LogP contribution in [0.1, 0.15) is 39.2 Å². The van der Waals surface area contributed by atoms with E-state index in [2.05, 4.69) is 26.1 Å². The number of halogens is 1. The zero-order valence-corrected chi connectivity index (χ0v) is 12.3. The summed E-state index contributed by atoms with van der Waals surface area (Å²) < 4.78 is 19.6. The van der Waals surface area contributed by atoms with E-state index < -0.39 is 0 Å². The fourth-order valence-corrected chi connectivity index (χ4v) is 2.92. The van der Waals surface area contributed by atoms with Gasteiger partial charge in [0, 0.05) is 12.1 Å². The molecule has 0 bridgehead atoms. The van der Waals surface area contributed by atoms with Crippen LogP contribution < -0.4 is 10.1 Å². The van der Waals surface area contributed by atoms with Crippen LogP contribution in [0.3, 0.4) is 0 Å². The zero-order chi connectivity index (χ0) is 14.0. The Bertz CT molecular complexity index is 444. The average Bonchev–Trinajstić information content (AvgIpc) is 2.62. The Morgan fingerprint density at radius 3 is 2.79 bits per heavy atom. The van der Waals surface area contributed by atoms with Crippen LogP contribution in [0.2, 0.25) is 0 Å². The normalized spacial score (nSPS) is 25.5. The third-order valence-electron chi connectivity index (χ3n) is 4.14. The molecule has 19 heavy (non-hydrogen) atoms. The summed E-state index contributed by atoms with van der Waals surface area (Å²) in [5.74, 6) is 0.434. The maximum absolute atomic E-state index is 13.6. The van der Waals surface area contributed by atoms with Gasteiger partial charge in [0.05, 0.1) is 0 Å². The van der Waals surface area contributed by atoms with E-state index in [1.165, 1.54) is 6.07 Å². The van der Waals surface area contributed by atoms with Gasteiger partial charge in [-0.1, -0.05) is 26.8 Å². The second kappa shape index (κ2) is 5.49. The SMILES string of the molecule is CCNC1C(Oc2ccc(C)c(F)c2)CCC1(C)C. The van der Waals surface area contributed by atoms with Crippen molar-refractivity contribution in [3.05, 3.63) is 29.6 Å². The van der Waals surface area contributed by atoms with E-state index in [1.807, 2.05) is 6.07 Å². The molecular formula is C16H24FNO.